The van der Waals surface area contributed by atoms with Crippen LogP contribution in [0.2, 0.25) is 0 Å². The number of aromatic amines is 1. The fourth-order valence-corrected chi connectivity index (χ4v) is 3.58. The molecule has 0 unspecified atom stereocenters. The zero-order valence-electron chi connectivity index (χ0n) is 14.2. The molecule has 0 saturated carbocycles. The highest BCUT2D eigenvalue weighted by Crippen LogP contribution is 2.19. The first-order chi connectivity index (χ1) is 11.1. The SMILES string of the molecule is Cc1[nH]nc(CCC(=O)N[C@H]2COC[C@@H]2N2CCCCC2)c1C. The largest absolute Gasteiger partial charge is 0.378 e. The summed E-state index contributed by atoms with van der Waals surface area (Å²) < 4.78 is 5.64. The maximum absolute atomic E-state index is 12.3. The quantitative estimate of drug-likeness (QED) is 0.859. The summed E-state index contributed by atoms with van der Waals surface area (Å²) in [5, 5.41) is 10.4. The number of aryl methyl sites for hydroxylation is 2. The highest BCUT2D eigenvalue weighted by Gasteiger charge is 2.34. The van der Waals surface area contributed by atoms with Gasteiger partial charge in [-0.25, -0.2) is 0 Å². The predicted molar refractivity (Wildman–Crippen MR) is 88.3 cm³/mol. The van der Waals surface area contributed by atoms with Gasteiger partial charge in [0.15, 0.2) is 0 Å². The smallest absolute Gasteiger partial charge is 0.220 e. The first kappa shape index (κ1) is 16.5. The molecule has 2 aliphatic rings. The number of likely N-dealkylation sites (tertiary alicyclic amines) is 1. The normalized spacial score (nSPS) is 25.7. The fourth-order valence-electron chi connectivity index (χ4n) is 3.58. The van der Waals surface area contributed by atoms with E-state index >= 15 is 0 Å². The first-order valence-electron chi connectivity index (χ1n) is 8.76. The number of nitrogens with one attached hydrogen (secondary N) is 2. The Morgan fingerprint density at radius 3 is 2.78 bits per heavy atom. The molecular formula is C17H28N4O2. The van der Waals surface area contributed by atoms with Crippen molar-refractivity contribution in [3.63, 3.8) is 0 Å². The zero-order chi connectivity index (χ0) is 16.2. The van der Waals surface area contributed by atoms with E-state index in [2.05, 4.69) is 20.4 Å². The highest BCUT2D eigenvalue weighted by atomic mass is 16.5. The number of ether oxygens (including phenoxy) is 1. The Morgan fingerprint density at radius 1 is 1.30 bits per heavy atom. The van der Waals surface area contributed by atoms with Crippen LogP contribution < -0.4 is 5.32 Å². The van der Waals surface area contributed by atoms with E-state index in [1.807, 2.05) is 13.8 Å². The Morgan fingerprint density at radius 2 is 2.09 bits per heavy atom. The molecule has 3 heterocycles. The van der Waals surface area contributed by atoms with Crippen LogP contribution in [0, 0.1) is 13.8 Å². The van der Waals surface area contributed by atoms with Crippen LogP contribution in [-0.2, 0) is 16.0 Å². The van der Waals surface area contributed by atoms with Crippen LogP contribution in [0.5, 0.6) is 0 Å². The summed E-state index contributed by atoms with van der Waals surface area (Å²) in [5.41, 5.74) is 3.23. The van der Waals surface area contributed by atoms with Crippen LogP contribution in [0.15, 0.2) is 0 Å². The summed E-state index contributed by atoms with van der Waals surface area (Å²) in [5.74, 6) is 0.0996. The van der Waals surface area contributed by atoms with Crippen molar-refractivity contribution in [3.8, 4) is 0 Å². The van der Waals surface area contributed by atoms with Gasteiger partial charge in [0, 0.05) is 18.5 Å². The van der Waals surface area contributed by atoms with Crippen LogP contribution in [0.3, 0.4) is 0 Å². The number of carbonyl (C=O) groups is 1. The maximum atomic E-state index is 12.3. The van der Waals surface area contributed by atoms with Crippen molar-refractivity contribution in [2.45, 2.75) is 58.0 Å². The zero-order valence-corrected chi connectivity index (χ0v) is 14.2. The van der Waals surface area contributed by atoms with E-state index in [4.69, 9.17) is 4.74 Å². The van der Waals surface area contributed by atoms with E-state index < -0.39 is 0 Å². The summed E-state index contributed by atoms with van der Waals surface area (Å²) in [4.78, 5) is 14.8. The molecule has 2 fully saturated rings. The molecule has 1 aromatic heterocycles. The summed E-state index contributed by atoms with van der Waals surface area (Å²) in [6.07, 6.45) is 5.01. The second-order valence-corrected chi connectivity index (χ2v) is 6.80. The second-order valence-electron chi connectivity index (χ2n) is 6.80. The number of carbonyl (C=O) groups excluding carboxylic acids is 1. The number of rotatable bonds is 5. The Bertz CT molecular complexity index is 537. The molecule has 0 bridgehead atoms. The van der Waals surface area contributed by atoms with Crippen LogP contribution >= 0.6 is 0 Å². The summed E-state index contributed by atoms with van der Waals surface area (Å²) in [7, 11) is 0. The molecule has 6 nitrogen and oxygen atoms in total. The standard InChI is InChI=1S/C17H28N4O2/c1-12-13(2)19-20-14(12)6-7-17(22)18-15-10-23-11-16(15)21-8-4-3-5-9-21/h15-16H,3-11H2,1-2H3,(H,18,22)(H,19,20)/t15-,16-/m0/s1. The van der Waals surface area contributed by atoms with Gasteiger partial charge in [0.05, 0.1) is 31.0 Å². The van der Waals surface area contributed by atoms with Crippen molar-refractivity contribution in [2.24, 2.45) is 0 Å². The van der Waals surface area contributed by atoms with Crippen molar-refractivity contribution >= 4 is 5.91 Å². The van der Waals surface area contributed by atoms with Gasteiger partial charge in [-0.2, -0.15) is 5.10 Å². The third kappa shape index (κ3) is 3.93. The molecular weight excluding hydrogens is 292 g/mol. The van der Waals surface area contributed by atoms with Crippen molar-refractivity contribution < 1.29 is 9.53 Å². The van der Waals surface area contributed by atoms with E-state index in [0.717, 1.165) is 36.6 Å². The molecule has 6 heteroatoms. The number of aromatic nitrogens is 2. The third-order valence-corrected chi connectivity index (χ3v) is 5.20. The van der Waals surface area contributed by atoms with E-state index in [-0.39, 0.29) is 11.9 Å². The van der Waals surface area contributed by atoms with Crippen LogP contribution in [0.1, 0.15) is 42.6 Å². The van der Waals surface area contributed by atoms with Crippen molar-refractivity contribution in [3.05, 3.63) is 17.0 Å². The van der Waals surface area contributed by atoms with Gasteiger partial charge >= 0.3 is 0 Å². The molecule has 3 rings (SSSR count). The number of H-pyrrole nitrogens is 1. The average molecular weight is 320 g/mol. The second kappa shape index (κ2) is 7.45. The Balaban J connectivity index is 1.49. The average Bonchev–Trinajstić information content (AvgIpc) is 3.14. The van der Waals surface area contributed by atoms with Gasteiger partial charge in [-0.15, -0.1) is 0 Å². The molecule has 2 aliphatic heterocycles. The molecule has 0 aromatic carbocycles. The van der Waals surface area contributed by atoms with Crippen LogP contribution in [0.4, 0.5) is 0 Å². The molecule has 23 heavy (non-hydrogen) atoms. The van der Waals surface area contributed by atoms with Gasteiger partial charge in [-0.05, 0) is 45.3 Å². The van der Waals surface area contributed by atoms with Crippen molar-refractivity contribution in [1.29, 1.82) is 0 Å². The van der Waals surface area contributed by atoms with Crippen molar-refractivity contribution in [2.75, 3.05) is 26.3 Å². The number of hydrogen-bond donors (Lipinski definition) is 2. The number of nitrogens with zero attached hydrogens (tertiary/aromatic N) is 2. The fraction of sp³-hybridized carbons (Fsp3) is 0.765. The minimum Gasteiger partial charge on any atom is -0.378 e. The molecule has 1 aromatic rings. The molecule has 0 radical (unpaired) electrons. The van der Waals surface area contributed by atoms with E-state index in [0.29, 0.717) is 25.5 Å². The lowest BCUT2D eigenvalue weighted by molar-refractivity contribution is -0.122. The van der Waals surface area contributed by atoms with E-state index in [9.17, 15) is 4.79 Å². The lowest BCUT2D eigenvalue weighted by atomic mass is 10.0. The van der Waals surface area contributed by atoms with Gasteiger partial charge in [0.1, 0.15) is 0 Å². The van der Waals surface area contributed by atoms with E-state index in [1.165, 1.54) is 19.3 Å². The monoisotopic (exact) mass is 320 g/mol. The molecule has 0 aliphatic carbocycles. The summed E-state index contributed by atoms with van der Waals surface area (Å²) >= 11 is 0. The lowest BCUT2D eigenvalue weighted by Gasteiger charge is -2.34. The lowest BCUT2D eigenvalue weighted by Crippen LogP contribution is -2.52. The molecule has 2 N–H and O–H groups in total. The minimum absolute atomic E-state index is 0.0996. The van der Waals surface area contributed by atoms with Crippen LogP contribution in [0.25, 0.3) is 0 Å². The minimum atomic E-state index is 0.0996. The topological polar surface area (TPSA) is 70.2 Å². The van der Waals surface area contributed by atoms with Gasteiger partial charge in [-0.1, -0.05) is 6.42 Å². The molecule has 2 saturated heterocycles. The van der Waals surface area contributed by atoms with Crippen molar-refractivity contribution in [1.82, 2.24) is 20.4 Å². The summed E-state index contributed by atoms with van der Waals surface area (Å²) in [6.45, 7) is 7.68. The van der Waals surface area contributed by atoms with Gasteiger partial charge in [0.25, 0.3) is 0 Å². The molecule has 1 amide bonds. The summed E-state index contributed by atoms with van der Waals surface area (Å²) in [6, 6.07) is 0.469. The third-order valence-electron chi connectivity index (χ3n) is 5.20. The number of amides is 1. The van der Waals surface area contributed by atoms with E-state index in [1.54, 1.807) is 0 Å². The number of hydrogen-bond acceptors (Lipinski definition) is 4. The molecule has 128 valence electrons. The van der Waals surface area contributed by atoms with Gasteiger partial charge < -0.3 is 10.1 Å². The first-order valence-corrected chi connectivity index (χ1v) is 8.76. The molecule has 2 atom stereocenters. The maximum Gasteiger partial charge on any atom is 0.220 e. The Kier molecular flexibility index (Phi) is 5.33. The Hall–Kier alpha value is -1.40. The van der Waals surface area contributed by atoms with Crippen LogP contribution in [-0.4, -0.2) is 59.4 Å². The number of piperidine rings is 1. The predicted octanol–water partition coefficient (Wildman–Crippen LogP) is 1.33. The van der Waals surface area contributed by atoms with Gasteiger partial charge in [0.2, 0.25) is 5.91 Å². The molecule has 0 spiro atoms. The van der Waals surface area contributed by atoms with Gasteiger partial charge in [-0.3, -0.25) is 14.8 Å². The highest BCUT2D eigenvalue weighted by molar-refractivity contribution is 5.76. The Labute approximate surface area is 138 Å².